The molecule has 0 saturated carbocycles. The van der Waals surface area contributed by atoms with E-state index in [1.807, 2.05) is 0 Å². The van der Waals surface area contributed by atoms with Gasteiger partial charge < -0.3 is 10.1 Å². The van der Waals surface area contributed by atoms with Crippen molar-refractivity contribution in [2.45, 2.75) is 25.4 Å². The number of rotatable bonds is 4. The number of carbonyl (C=O) groups excluding carboxylic acids is 1. The first-order valence-corrected chi connectivity index (χ1v) is 9.12. The largest absolute Gasteiger partial charge is 0.457 e. The zero-order valence-corrected chi connectivity index (χ0v) is 15.6. The normalized spacial score (nSPS) is 13.2. The molecule has 0 fully saturated rings. The Morgan fingerprint density at radius 1 is 1.10 bits per heavy atom. The van der Waals surface area contributed by atoms with Gasteiger partial charge in [0.05, 0.1) is 11.3 Å². The number of hydrogen-bond donors (Lipinski definition) is 1. The lowest BCUT2D eigenvalue weighted by atomic mass is 10.2. The minimum Gasteiger partial charge on any atom is -0.457 e. The average molecular weight is 401 g/mol. The Morgan fingerprint density at radius 3 is 2.59 bits per heavy atom. The van der Waals surface area contributed by atoms with E-state index in [-0.39, 0.29) is 17.4 Å². The lowest BCUT2D eigenvalue weighted by molar-refractivity contribution is -0.137. The fraction of sp³-hybridized carbons (Fsp3) is 0.238. The molecular weight excluding hydrogens is 383 g/mol. The average Bonchev–Trinajstić information content (AvgIpc) is 3.24. The lowest BCUT2D eigenvalue weighted by Gasteiger charge is -2.11. The molecule has 1 aromatic heterocycles. The zero-order chi connectivity index (χ0) is 20.6. The molecule has 1 amide bonds. The van der Waals surface area contributed by atoms with Gasteiger partial charge in [-0.2, -0.15) is 18.3 Å². The van der Waals surface area contributed by atoms with Gasteiger partial charge in [-0.25, -0.2) is 0 Å². The summed E-state index contributed by atoms with van der Waals surface area (Å²) in [5.41, 5.74) is 1.60. The SMILES string of the molecule is Cn1nc2c(c1NC(=O)c1cccc(Oc3cccc(C(F)(F)F)c3)c1)CCC2. The van der Waals surface area contributed by atoms with Crippen LogP contribution in [0.15, 0.2) is 48.5 Å². The third-order valence-corrected chi connectivity index (χ3v) is 4.79. The van der Waals surface area contributed by atoms with Crippen LogP contribution in [-0.4, -0.2) is 15.7 Å². The number of hydrogen-bond acceptors (Lipinski definition) is 3. The van der Waals surface area contributed by atoms with Crippen molar-refractivity contribution in [3.8, 4) is 11.5 Å². The lowest BCUT2D eigenvalue weighted by Crippen LogP contribution is -2.15. The van der Waals surface area contributed by atoms with Crippen LogP contribution in [-0.2, 0) is 26.1 Å². The highest BCUT2D eigenvalue weighted by molar-refractivity contribution is 6.04. The summed E-state index contributed by atoms with van der Waals surface area (Å²) >= 11 is 0. The van der Waals surface area contributed by atoms with Gasteiger partial charge in [0.1, 0.15) is 17.3 Å². The van der Waals surface area contributed by atoms with Crippen molar-refractivity contribution in [1.82, 2.24) is 9.78 Å². The molecule has 2 aromatic carbocycles. The molecule has 0 aliphatic heterocycles. The summed E-state index contributed by atoms with van der Waals surface area (Å²) in [5, 5.41) is 7.31. The highest BCUT2D eigenvalue weighted by atomic mass is 19.4. The number of alkyl halides is 3. The molecule has 150 valence electrons. The van der Waals surface area contributed by atoms with Gasteiger partial charge in [-0.15, -0.1) is 0 Å². The molecule has 0 atom stereocenters. The van der Waals surface area contributed by atoms with E-state index in [9.17, 15) is 18.0 Å². The fourth-order valence-electron chi connectivity index (χ4n) is 3.43. The maximum atomic E-state index is 12.9. The standard InChI is InChI=1S/C21H18F3N3O2/c1-27-19(17-9-4-10-18(17)26-27)25-20(28)13-5-2-7-15(11-13)29-16-8-3-6-14(12-16)21(22,23)24/h2-3,5-8,11-12H,4,9-10H2,1H3,(H,25,28). The molecule has 8 heteroatoms. The smallest absolute Gasteiger partial charge is 0.416 e. The van der Waals surface area contributed by atoms with E-state index in [1.165, 1.54) is 18.2 Å². The minimum atomic E-state index is -4.45. The van der Waals surface area contributed by atoms with Crippen LogP contribution >= 0.6 is 0 Å². The van der Waals surface area contributed by atoms with Crippen molar-refractivity contribution < 1.29 is 22.7 Å². The summed E-state index contributed by atoms with van der Waals surface area (Å²) < 4.78 is 45.8. The van der Waals surface area contributed by atoms with Crippen molar-refractivity contribution in [3.63, 3.8) is 0 Å². The molecule has 5 nitrogen and oxygen atoms in total. The maximum absolute atomic E-state index is 12.9. The first-order valence-electron chi connectivity index (χ1n) is 9.12. The molecule has 0 radical (unpaired) electrons. The molecular formula is C21H18F3N3O2. The predicted molar refractivity (Wildman–Crippen MR) is 101 cm³/mol. The highest BCUT2D eigenvalue weighted by Crippen LogP contribution is 2.33. The monoisotopic (exact) mass is 401 g/mol. The van der Waals surface area contributed by atoms with Gasteiger partial charge in [-0.3, -0.25) is 9.48 Å². The quantitative estimate of drug-likeness (QED) is 0.671. The molecule has 1 N–H and O–H groups in total. The Bertz CT molecular complexity index is 1070. The summed E-state index contributed by atoms with van der Waals surface area (Å²) in [5.74, 6) is 0.651. The van der Waals surface area contributed by atoms with Crippen LogP contribution in [0.4, 0.5) is 19.0 Å². The number of halogens is 3. The number of nitrogens with one attached hydrogen (secondary N) is 1. The van der Waals surface area contributed by atoms with Crippen LogP contribution in [0.5, 0.6) is 11.5 Å². The number of fused-ring (bicyclic) bond motifs is 1. The first-order chi connectivity index (χ1) is 13.8. The summed E-state index contributed by atoms with van der Waals surface area (Å²) in [4.78, 5) is 12.7. The minimum absolute atomic E-state index is 0.0434. The van der Waals surface area contributed by atoms with Gasteiger partial charge in [0.25, 0.3) is 5.91 Å². The molecule has 1 heterocycles. The Kier molecular flexibility index (Phi) is 4.77. The highest BCUT2D eigenvalue weighted by Gasteiger charge is 2.30. The van der Waals surface area contributed by atoms with Crippen molar-refractivity contribution >= 4 is 11.7 Å². The third-order valence-electron chi connectivity index (χ3n) is 4.79. The third kappa shape index (κ3) is 3.96. The van der Waals surface area contributed by atoms with Crippen LogP contribution in [0.25, 0.3) is 0 Å². The number of aromatic nitrogens is 2. The van der Waals surface area contributed by atoms with Crippen LogP contribution in [0.1, 0.15) is 33.6 Å². The van der Waals surface area contributed by atoms with E-state index < -0.39 is 11.7 Å². The van der Waals surface area contributed by atoms with Crippen LogP contribution in [0.2, 0.25) is 0 Å². The van der Waals surface area contributed by atoms with Crippen LogP contribution in [0, 0.1) is 0 Å². The van der Waals surface area contributed by atoms with Gasteiger partial charge in [0.15, 0.2) is 0 Å². The molecule has 29 heavy (non-hydrogen) atoms. The predicted octanol–water partition coefficient (Wildman–Crippen LogP) is 4.97. The maximum Gasteiger partial charge on any atom is 0.416 e. The Balaban J connectivity index is 1.53. The van der Waals surface area contributed by atoms with E-state index in [4.69, 9.17) is 4.74 Å². The molecule has 0 unspecified atom stereocenters. The van der Waals surface area contributed by atoms with Crippen molar-refractivity contribution in [2.75, 3.05) is 5.32 Å². The molecule has 4 rings (SSSR count). The molecule has 0 saturated heterocycles. The van der Waals surface area contributed by atoms with Gasteiger partial charge >= 0.3 is 6.18 Å². The second kappa shape index (κ2) is 7.27. The number of ether oxygens (including phenoxy) is 1. The van der Waals surface area contributed by atoms with Gasteiger partial charge in [0.2, 0.25) is 0 Å². The molecule has 0 spiro atoms. The Hall–Kier alpha value is -3.29. The second-order valence-electron chi connectivity index (χ2n) is 6.86. The number of anilines is 1. The molecule has 1 aliphatic carbocycles. The Labute approximate surface area is 165 Å². The second-order valence-corrected chi connectivity index (χ2v) is 6.86. The zero-order valence-electron chi connectivity index (χ0n) is 15.6. The first kappa shape index (κ1) is 19.0. The number of nitrogens with zero attached hydrogens (tertiary/aromatic N) is 2. The Morgan fingerprint density at radius 2 is 1.83 bits per heavy atom. The van der Waals surface area contributed by atoms with Crippen LogP contribution in [0.3, 0.4) is 0 Å². The van der Waals surface area contributed by atoms with Gasteiger partial charge in [-0.1, -0.05) is 12.1 Å². The topological polar surface area (TPSA) is 56.2 Å². The fourth-order valence-corrected chi connectivity index (χ4v) is 3.43. The summed E-state index contributed by atoms with van der Waals surface area (Å²) in [6.45, 7) is 0. The summed E-state index contributed by atoms with van der Waals surface area (Å²) in [6, 6.07) is 10.9. The van der Waals surface area contributed by atoms with Crippen LogP contribution < -0.4 is 10.1 Å². The van der Waals surface area contributed by atoms with E-state index in [2.05, 4.69) is 10.4 Å². The molecule has 1 aliphatic rings. The number of amides is 1. The van der Waals surface area contributed by atoms with Gasteiger partial charge in [-0.05, 0) is 55.7 Å². The number of carbonyl (C=O) groups is 1. The van der Waals surface area contributed by atoms with E-state index in [0.717, 1.165) is 42.7 Å². The summed E-state index contributed by atoms with van der Waals surface area (Å²) in [6.07, 6.45) is -1.66. The van der Waals surface area contributed by atoms with E-state index in [1.54, 1.807) is 29.9 Å². The van der Waals surface area contributed by atoms with Crippen molar-refractivity contribution in [3.05, 3.63) is 70.9 Å². The van der Waals surface area contributed by atoms with Crippen molar-refractivity contribution in [1.29, 1.82) is 0 Å². The van der Waals surface area contributed by atoms with Gasteiger partial charge in [0, 0.05) is 18.2 Å². The molecule has 0 bridgehead atoms. The van der Waals surface area contributed by atoms with E-state index in [0.29, 0.717) is 11.4 Å². The van der Waals surface area contributed by atoms with Crippen molar-refractivity contribution in [2.24, 2.45) is 7.05 Å². The molecule has 3 aromatic rings. The number of aryl methyl sites for hydroxylation is 2. The van der Waals surface area contributed by atoms with E-state index >= 15 is 0 Å². The number of benzene rings is 2. The summed E-state index contributed by atoms with van der Waals surface area (Å²) in [7, 11) is 1.78.